The molecule has 0 radical (unpaired) electrons. The van der Waals surface area contributed by atoms with Crippen LogP contribution in [0.25, 0.3) is 11.1 Å². The van der Waals surface area contributed by atoms with E-state index < -0.39 is 42.1 Å². The van der Waals surface area contributed by atoms with Crippen LogP contribution in [-0.4, -0.2) is 25.5 Å². The summed E-state index contributed by atoms with van der Waals surface area (Å²) in [6.45, 7) is -0.293. The number of rotatable bonds is 3. The normalized spacial score (nSPS) is 14.8. The maximum atomic E-state index is 13.3. The summed E-state index contributed by atoms with van der Waals surface area (Å²) in [4.78, 5) is 16.0. The fourth-order valence-electron chi connectivity index (χ4n) is 2.74. The van der Waals surface area contributed by atoms with Crippen LogP contribution in [0.2, 0.25) is 0 Å². The van der Waals surface area contributed by atoms with Gasteiger partial charge in [-0.2, -0.15) is 31.4 Å². The average Bonchev–Trinajstić information content (AvgIpc) is 3.12. The van der Waals surface area contributed by atoms with E-state index in [1.807, 2.05) is 0 Å². The Morgan fingerprint density at radius 2 is 1.88 bits per heavy atom. The van der Waals surface area contributed by atoms with Crippen LogP contribution in [-0.2, 0) is 25.7 Å². The first kappa shape index (κ1) is 17.5. The topological polar surface area (TPSA) is 52.7 Å². The number of nitrogens with zero attached hydrogens (tertiary/aromatic N) is 4. The first-order valence-electron chi connectivity index (χ1n) is 7.37. The molecule has 0 aliphatic carbocycles. The van der Waals surface area contributed by atoms with E-state index in [2.05, 4.69) is 10.1 Å². The minimum Gasteiger partial charge on any atom is -0.296 e. The molecule has 0 fully saturated rings. The highest BCUT2D eigenvalue weighted by molar-refractivity contribution is 5.64. The molecule has 0 unspecified atom stereocenters. The Balaban J connectivity index is 2.05. The molecule has 25 heavy (non-hydrogen) atoms. The Morgan fingerprint density at radius 1 is 1.16 bits per heavy atom. The summed E-state index contributed by atoms with van der Waals surface area (Å²) in [6.07, 6.45) is -7.73. The van der Waals surface area contributed by atoms with Gasteiger partial charge in [-0.15, -0.1) is 0 Å². The van der Waals surface area contributed by atoms with E-state index >= 15 is 0 Å². The van der Waals surface area contributed by atoms with E-state index in [-0.39, 0.29) is 24.4 Å². The standard InChI is InChI=1S/C14H12F6N4O/c15-13(16,17)3-5-23-7-8(6-21-23)10-11(14(18,19)20)22-9-2-1-4-24(9)12(10)25/h6-7H,1-5H2. The van der Waals surface area contributed by atoms with Gasteiger partial charge in [-0.05, 0) is 6.42 Å². The quantitative estimate of drug-likeness (QED) is 0.785. The van der Waals surface area contributed by atoms with Crippen molar-refractivity contribution in [1.82, 2.24) is 19.3 Å². The maximum absolute atomic E-state index is 13.3. The molecule has 0 bridgehead atoms. The van der Waals surface area contributed by atoms with E-state index in [1.54, 1.807) is 0 Å². The van der Waals surface area contributed by atoms with Gasteiger partial charge in [-0.3, -0.25) is 14.0 Å². The molecule has 0 spiro atoms. The van der Waals surface area contributed by atoms with Crippen LogP contribution in [0.4, 0.5) is 26.3 Å². The Labute approximate surface area is 136 Å². The Hall–Kier alpha value is -2.33. The highest BCUT2D eigenvalue weighted by Gasteiger charge is 2.39. The Morgan fingerprint density at radius 3 is 2.52 bits per heavy atom. The lowest BCUT2D eigenvalue weighted by Crippen LogP contribution is -2.27. The van der Waals surface area contributed by atoms with Gasteiger partial charge in [0.1, 0.15) is 5.82 Å². The molecule has 0 atom stereocenters. The molecule has 136 valence electrons. The van der Waals surface area contributed by atoms with Gasteiger partial charge in [-0.25, -0.2) is 4.98 Å². The van der Waals surface area contributed by atoms with E-state index in [9.17, 15) is 31.1 Å². The van der Waals surface area contributed by atoms with Crippen molar-refractivity contribution in [3.05, 3.63) is 34.3 Å². The van der Waals surface area contributed by atoms with Gasteiger partial charge < -0.3 is 0 Å². The van der Waals surface area contributed by atoms with E-state index in [0.29, 0.717) is 6.42 Å². The lowest BCUT2D eigenvalue weighted by Gasteiger charge is -2.13. The molecule has 0 saturated carbocycles. The number of alkyl halides is 6. The molecule has 3 rings (SSSR count). The van der Waals surface area contributed by atoms with Crippen molar-refractivity contribution in [2.45, 2.75) is 44.7 Å². The van der Waals surface area contributed by atoms with Gasteiger partial charge >= 0.3 is 12.4 Å². The zero-order chi connectivity index (χ0) is 18.4. The van der Waals surface area contributed by atoms with Crippen LogP contribution in [0.15, 0.2) is 17.2 Å². The van der Waals surface area contributed by atoms with Crippen molar-refractivity contribution in [2.75, 3.05) is 0 Å². The summed E-state index contributed by atoms with van der Waals surface area (Å²) < 4.78 is 78.7. The zero-order valence-electron chi connectivity index (χ0n) is 12.7. The highest BCUT2D eigenvalue weighted by atomic mass is 19.4. The Kier molecular flexibility index (Phi) is 4.12. The van der Waals surface area contributed by atoms with E-state index in [4.69, 9.17) is 0 Å². The molecule has 0 saturated heterocycles. The molecule has 5 nitrogen and oxygen atoms in total. The summed E-state index contributed by atoms with van der Waals surface area (Å²) in [7, 11) is 0. The SMILES string of the molecule is O=c1c(-c2cnn(CCC(F)(F)F)c2)c(C(F)(F)F)nc2n1CCC2. The maximum Gasteiger partial charge on any atom is 0.434 e. The van der Waals surface area contributed by atoms with Gasteiger partial charge in [-0.1, -0.05) is 0 Å². The summed E-state index contributed by atoms with van der Waals surface area (Å²) in [5, 5.41) is 3.63. The first-order valence-corrected chi connectivity index (χ1v) is 7.37. The molecule has 1 aliphatic rings. The van der Waals surface area contributed by atoms with E-state index in [1.165, 1.54) is 0 Å². The molecule has 0 aromatic carbocycles. The number of fused-ring (bicyclic) bond motifs is 1. The lowest BCUT2D eigenvalue weighted by molar-refractivity contribution is -0.141. The summed E-state index contributed by atoms with van der Waals surface area (Å²) in [5.41, 5.74) is -3.07. The van der Waals surface area contributed by atoms with Crippen LogP contribution in [0.1, 0.15) is 24.4 Å². The van der Waals surface area contributed by atoms with Crippen LogP contribution < -0.4 is 5.56 Å². The minimum atomic E-state index is -4.86. The van der Waals surface area contributed by atoms with Crippen molar-refractivity contribution in [2.24, 2.45) is 0 Å². The van der Waals surface area contributed by atoms with Crippen LogP contribution in [0, 0.1) is 0 Å². The minimum absolute atomic E-state index is 0.0607. The monoisotopic (exact) mass is 366 g/mol. The van der Waals surface area contributed by atoms with Crippen molar-refractivity contribution < 1.29 is 26.3 Å². The van der Waals surface area contributed by atoms with Crippen molar-refractivity contribution in [1.29, 1.82) is 0 Å². The van der Waals surface area contributed by atoms with Gasteiger partial charge in [0.2, 0.25) is 0 Å². The second-order valence-electron chi connectivity index (χ2n) is 5.67. The van der Waals surface area contributed by atoms with Gasteiger partial charge in [0.15, 0.2) is 5.69 Å². The molecule has 2 aromatic rings. The third-order valence-electron chi connectivity index (χ3n) is 3.85. The lowest BCUT2D eigenvalue weighted by atomic mass is 10.1. The zero-order valence-corrected chi connectivity index (χ0v) is 12.7. The van der Waals surface area contributed by atoms with Gasteiger partial charge in [0.25, 0.3) is 5.56 Å². The molecule has 2 aromatic heterocycles. The fourth-order valence-corrected chi connectivity index (χ4v) is 2.74. The number of aryl methyl sites for hydroxylation is 2. The van der Waals surface area contributed by atoms with Crippen LogP contribution in [0.3, 0.4) is 0 Å². The molecule has 0 amide bonds. The Bertz CT molecular complexity index is 848. The fraction of sp³-hybridized carbons (Fsp3) is 0.500. The second-order valence-corrected chi connectivity index (χ2v) is 5.67. The molecule has 0 N–H and O–H groups in total. The third-order valence-corrected chi connectivity index (χ3v) is 3.85. The number of hydrogen-bond donors (Lipinski definition) is 0. The van der Waals surface area contributed by atoms with Gasteiger partial charge in [0, 0.05) is 31.3 Å². The highest BCUT2D eigenvalue weighted by Crippen LogP contribution is 2.34. The number of aromatic nitrogens is 4. The number of hydrogen-bond acceptors (Lipinski definition) is 3. The molecule has 11 heteroatoms. The predicted octanol–water partition coefficient (Wildman–Crippen LogP) is 3.02. The predicted molar refractivity (Wildman–Crippen MR) is 73.7 cm³/mol. The summed E-state index contributed by atoms with van der Waals surface area (Å²) in [6, 6.07) is 0. The summed E-state index contributed by atoms with van der Waals surface area (Å²) in [5.74, 6) is 0.0607. The van der Waals surface area contributed by atoms with Crippen LogP contribution >= 0.6 is 0 Å². The van der Waals surface area contributed by atoms with E-state index in [0.717, 1.165) is 21.6 Å². The molecule has 3 heterocycles. The second kappa shape index (κ2) is 5.88. The van der Waals surface area contributed by atoms with Gasteiger partial charge in [0.05, 0.1) is 18.2 Å². The van der Waals surface area contributed by atoms with Crippen molar-refractivity contribution in [3.8, 4) is 11.1 Å². The largest absolute Gasteiger partial charge is 0.434 e. The summed E-state index contributed by atoms with van der Waals surface area (Å²) >= 11 is 0. The first-order chi connectivity index (χ1) is 11.6. The van der Waals surface area contributed by atoms with Crippen molar-refractivity contribution >= 4 is 0 Å². The molecule has 1 aliphatic heterocycles. The third kappa shape index (κ3) is 3.54. The number of halogens is 6. The smallest absolute Gasteiger partial charge is 0.296 e. The molecular formula is C14H12F6N4O. The van der Waals surface area contributed by atoms with Crippen molar-refractivity contribution in [3.63, 3.8) is 0 Å². The molecular weight excluding hydrogens is 354 g/mol. The van der Waals surface area contributed by atoms with Crippen LogP contribution in [0.5, 0.6) is 0 Å². The average molecular weight is 366 g/mol.